The first-order valence-electron chi connectivity index (χ1n) is 9.77. The van der Waals surface area contributed by atoms with Crippen LogP contribution in [-0.2, 0) is 27.4 Å². The second-order valence-corrected chi connectivity index (χ2v) is 9.74. The van der Waals surface area contributed by atoms with E-state index in [9.17, 15) is 31.5 Å². The summed E-state index contributed by atoms with van der Waals surface area (Å²) in [6.07, 6.45) is -0.289. The first-order chi connectivity index (χ1) is 14.6. The third-order valence-corrected chi connectivity index (χ3v) is 8.13. The average Bonchev–Trinajstić information content (AvgIpc) is 3.15. The van der Waals surface area contributed by atoms with Crippen molar-refractivity contribution in [3.8, 4) is 11.1 Å². The predicted molar refractivity (Wildman–Crippen MR) is 109 cm³/mol. The molecule has 0 aromatic heterocycles. The molecule has 0 spiro atoms. The van der Waals surface area contributed by atoms with Crippen molar-refractivity contribution in [2.24, 2.45) is 5.92 Å². The summed E-state index contributed by atoms with van der Waals surface area (Å²) in [5.41, 5.74) is 1.20. The van der Waals surface area contributed by atoms with Gasteiger partial charge in [0.2, 0.25) is 10.0 Å². The Bertz CT molecular complexity index is 1140. The number of carboxylic acid groups (broad SMARTS) is 1. The molecule has 0 fully saturated rings. The molecule has 0 amide bonds. The van der Waals surface area contributed by atoms with E-state index in [2.05, 4.69) is 0 Å². The first-order valence-corrected chi connectivity index (χ1v) is 11.3. The SMILES string of the molecule is O=C(O)C1Cc2c(-c3ccc(C(F)(F)F)cc3)cccc2C1S(=O)(=O)N1CC=CCC1. The number of hydrogen-bond donors (Lipinski definition) is 1. The van der Waals surface area contributed by atoms with E-state index in [0.717, 1.165) is 12.1 Å². The predicted octanol–water partition coefficient (Wildman–Crippen LogP) is 4.26. The monoisotopic (exact) mass is 451 g/mol. The highest BCUT2D eigenvalue weighted by Crippen LogP contribution is 2.46. The molecule has 2 atom stereocenters. The van der Waals surface area contributed by atoms with Gasteiger partial charge < -0.3 is 5.11 Å². The topological polar surface area (TPSA) is 74.7 Å². The largest absolute Gasteiger partial charge is 0.481 e. The zero-order chi connectivity index (χ0) is 22.4. The van der Waals surface area contributed by atoms with Crippen LogP contribution in [-0.4, -0.2) is 36.9 Å². The second kappa shape index (κ2) is 7.80. The number of alkyl halides is 3. The van der Waals surface area contributed by atoms with Crippen LogP contribution in [0.15, 0.2) is 54.6 Å². The molecule has 0 saturated heterocycles. The van der Waals surface area contributed by atoms with Gasteiger partial charge in [-0.05, 0) is 47.2 Å². The van der Waals surface area contributed by atoms with Crippen molar-refractivity contribution in [2.75, 3.05) is 13.1 Å². The minimum absolute atomic E-state index is 0.00453. The summed E-state index contributed by atoms with van der Waals surface area (Å²) in [5.74, 6) is -2.38. The standard InChI is InChI=1S/C22H20F3NO4S/c23-22(24,25)15-9-7-14(8-10-15)16-5-4-6-17-18(16)13-19(21(27)28)20(17)31(29,30)26-11-2-1-3-12-26/h1-2,4-10,19-20H,3,11-13H2,(H,27,28). The third kappa shape index (κ3) is 3.87. The van der Waals surface area contributed by atoms with Gasteiger partial charge in [-0.1, -0.05) is 42.5 Å². The Hall–Kier alpha value is -2.65. The van der Waals surface area contributed by atoms with Crippen LogP contribution in [0.25, 0.3) is 11.1 Å². The molecule has 5 nitrogen and oxygen atoms in total. The number of sulfonamides is 1. The minimum atomic E-state index is -4.46. The highest BCUT2D eigenvalue weighted by molar-refractivity contribution is 7.89. The molecule has 4 rings (SSSR count). The number of hydrogen-bond acceptors (Lipinski definition) is 3. The number of benzene rings is 2. The van der Waals surface area contributed by atoms with Gasteiger partial charge in [0.05, 0.1) is 11.5 Å². The van der Waals surface area contributed by atoms with Crippen LogP contribution in [0.4, 0.5) is 13.2 Å². The molecule has 2 aromatic rings. The van der Waals surface area contributed by atoms with Crippen molar-refractivity contribution < 1.29 is 31.5 Å². The molecule has 31 heavy (non-hydrogen) atoms. The Labute approximate surface area is 177 Å². The summed E-state index contributed by atoms with van der Waals surface area (Å²) in [5, 5.41) is 8.55. The highest BCUT2D eigenvalue weighted by atomic mass is 32.2. The van der Waals surface area contributed by atoms with Crippen molar-refractivity contribution >= 4 is 16.0 Å². The highest BCUT2D eigenvalue weighted by Gasteiger charge is 2.48. The van der Waals surface area contributed by atoms with Gasteiger partial charge in [-0.15, -0.1) is 0 Å². The summed E-state index contributed by atoms with van der Waals surface area (Å²) in [6.45, 7) is 0.481. The summed E-state index contributed by atoms with van der Waals surface area (Å²) in [6, 6.07) is 9.48. The maximum atomic E-state index is 13.4. The lowest BCUT2D eigenvalue weighted by Gasteiger charge is -2.28. The summed E-state index contributed by atoms with van der Waals surface area (Å²) >= 11 is 0. The fourth-order valence-electron chi connectivity index (χ4n) is 4.35. The van der Waals surface area contributed by atoms with Gasteiger partial charge in [0.25, 0.3) is 0 Å². The summed E-state index contributed by atoms with van der Waals surface area (Å²) < 4.78 is 66.7. The van der Waals surface area contributed by atoms with E-state index in [-0.39, 0.29) is 19.5 Å². The Morgan fingerprint density at radius 1 is 1.06 bits per heavy atom. The van der Waals surface area contributed by atoms with E-state index in [0.29, 0.717) is 28.7 Å². The Morgan fingerprint density at radius 2 is 1.77 bits per heavy atom. The van der Waals surface area contributed by atoms with Gasteiger partial charge in [-0.2, -0.15) is 17.5 Å². The number of aliphatic carboxylic acids is 1. The molecule has 0 radical (unpaired) electrons. The quantitative estimate of drug-likeness (QED) is 0.705. The van der Waals surface area contributed by atoms with Crippen LogP contribution in [0.5, 0.6) is 0 Å². The molecule has 2 aliphatic rings. The van der Waals surface area contributed by atoms with Crippen LogP contribution in [0.3, 0.4) is 0 Å². The maximum Gasteiger partial charge on any atom is 0.416 e. The van der Waals surface area contributed by atoms with Crippen LogP contribution < -0.4 is 0 Å². The Balaban J connectivity index is 1.79. The van der Waals surface area contributed by atoms with Crippen LogP contribution in [0.1, 0.15) is 28.4 Å². The van der Waals surface area contributed by atoms with Gasteiger partial charge in [-0.3, -0.25) is 4.79 Å². The van der Waals surface area contributed by atoms with Crippen molar-refractivity contribution in [3.05, 3.63) is 71.3 Å². The van der Waals surface area contributed by atoms with Crippen molar-refractivity contribution in [3.63, 3.8) is 0 Å². The molecule has 1 aliphatic carbocycles. The number of nitrogens with zero attached hydrogens (tertiary/aromatic N) is 1. The summed E-state index contributed by atoms with van der Waals surface area (Å²) in [7, 11) is -3.94. The Kier molecular flexibility index (Phi) is 5.43. The van der Waals surface area contributed by atoms with Crippen LogP contribution >= 0.6 is 0 Å². The number of rotatable bonds is 4. The first kappa shape index (κ1) is 21.6. The Morgan fingerprint density at radius 3 is 2.35 bits per heavy atom. The lowest BCUT2D eigenvalue weighted by atomic mass is 9.96. The average molecular weight is 451 g/mol. The molecule has 1 heterocycles. The molecular weight excluding hydrogens is 431 g/mol. The van der Waals surface area contributed by atoms with Gasteiger partial charge in [0.1, 0.15) is 5.25 Å². The van der Waals surface area contributed by atoms with Gasteiger partial charge in [-0.25, -0.2) is 8.42 Å². The van der Waals surface area contributed by atoms with E-state index < -0.39 is 38.9 Å². The smallest absolute Gasteiger partial charge is 0.416 e. The fraction of sp³-hybridized carbons (Fsp3) is 0.318. The second-order valence-electron chi connectivity index (χ2n) is 7.68. The molecule has 9 heteroatoms. The van der Waals surface area contributed by atoms with E-state index in [1.54, 1.807) is 24.3 Å². The van der Waals surface area contributed by atoms with Gasteiger partial charge in [0.15, 0.2) is 0 Å². The number of halogens is 3. The van der Waals surface area contributed by atoms with Crippen molar-refractivity contribution in [1.29, 1.82) is 0 Å². The van der Waals surface area contributed by atoms with E-state index in [4.69, 9.17) is 0 Å². The minimum Gasteiger partial charge on any atom is -0.481 e. The van der Waals surface area contributed by atoms with Crippen LogP contribution in [0.2, 0.25) is 0 Å². The zero-order valence-corrected chi connectivity index (χ0v) is 17.2. The molecule has 164 valence electrons. The molecule has 1 aliphatic heterocycles. The molecule has 0 bridgehead atoms. The molecule has 2 aromatic carbocycles. The normalized spacial score (nSPS) is 21.8. The van der Waals surface area contributed by atoms with E-state index >= 15 is 0 Å². The van der Waals surface area contributed by atoms with E-state index in [1.807, 2.05) is 6.08 Å². The van der Waals surface area contributed by atoms with Crippen molar-refractivity contribution in [2.45, 2.75) is 24.3 Å². The van der Waals surface area contributed by atoms with E-state index in [1.165, 1.54) is 16.4 Å². The maximum absolute atomic E-state index is 13.4. The number of carboxylic acids is 1. The third-order valence-electron chi connectivity index (χ3n) is 5.85. The van der Waals surface area contributed by atoms with Crippen molar-refractivity contribution in [1.82, 2.24) is 4.31 Å². The zero-order valence-electron chi connectivity index (χ0n) is 16.3. The number of fused-ring (bicyclic) bond motifs is 1. The number of carbonyl (C=O) groups is 1. The van der Waals surface area contributed by atoms with Crippen LogP contribution in [0, 0.1) is 5.92 Å². The lowest BCUT2D eigenvalue weighted by molar-refractivity contribution is -0.141. The fourth-order valence-corrected chi connectivity index (χ4v) is 6.49. The molecule has 2 unspecified atom stereocenters. The molecule has 1 N–H and O–H groups in total. The lowest BCUT2D eigenvalue weighted by Crippen LogP contribution is -2.39. The summed E-state index contributed by atoms with van der Waals surface area (Å²) in [4.78, 5) is 12.0. The van der Waals surface area contributed by atoms with Gasteiger partial charge in [0, 0.05) is 13.1 Å². The molecule has 0 saturated carbocycles. The van der Waals surface area contributed by atoms with Gasteiger partial charge >= 0.3 is 12.1 Å². The molecular formula is C22H20F3NO4S.